The lowest BCUT2D eigenvalue weighted by atomic mass is 10.3. The molecule has 1 atom stereocenters. The van der Waals surface area contributed by atoms with Crippen molar-refractivity contribution in [2.45, 2.75) is 17.4 Å². The summed E-state index contributed by atoms with van der Waals surface area (Å²) in [6, 6.07) is 4.48. The molecule has 1 aliphatic rings. The van der Waals surface area contributed by atoms with Crippen molar-refractivity contribution in [3.63, 3.8) is 0 Å². The Morgan fingerprint density at radius 1 is 1.35 bits per heavy atom. The molecule has 1 saturated heterocycles. The predicted octanol–water partition coefficient (Wildman–Crippen LogP) is 1.75. The number of hydrogen-bond donors (Lipinski definition) is 1. The fourth-order valence-corrected chi connectivity index (χ4v) is 3.98. The van der Waals surface area contributed by atoms with E-state index in [4.69, 9.17) is 23.2 Å². The van der Waals surface area contributed by atoms with E-state index < -0.39 is 16.1 Å². The summed E-state index contributed by atoms with van der Waals surface area (Å²) in [7, 11) is -3.67. The third-order valence-corrected chi connectivity index (χ3v) is 5.50. The molecule has 1 N–H and O–H groups in total. The standard InChI is InChI=1S/C10H11Cl2NO3S/c11-8-2-1-3-9(10(8)12)17(15,16)13-5-4-7(14)6-13/h1-3,7,14H,4-6H2/t7-/m0/s1. The first-order chi connectivity index (χ1) is 7.93. The van der Waals surface area contributed by atoms with Crippen molar-refractivity contribution in [2.75, 3.05) is 13.1 Å². The fourth-order valence-electron chi connectivity index (χ4n) is 1.75. The minimum atomic E-state index is -3.67. The first-order valence-electron chi connectivity index (χ1n) is 5.05. The average Bonchev–Trinajstić information content (AvgIpc) is 2.69. The molecule has 1 heterocycles. The number of benzene rings is 1. The van der Waals surface area contributed by atoms with Crippen molar-refractivity contribution in [3.8, 4) is 0 Å². The van der Waals surface area contributed by atoms with Crippen LogP contribution >= 0.6 is 23.2 Å². The topological polar surface area (TPSA) is 57.6 Å². The lowest BCUT2D eigenvalue weighted by Gasteiger charge is -2.16. The highest BCUT2D eigenvalue weighted by atomic mass is 35.5. The summed E-state index contributed by atoms with van der Waals surface area (Å²) in [5.74, 6) is 0. The van der Waals surface area contributed by atoms with Crippen molar-refractivity contribution in [1.29, 1.82) is 0 Å². The Labute approximate surface area is 110 Å². The van der Waals surface area contributed by atoms with E-state index in [0.717, 1.165) is 0 Å². The first-order valence-corrected chi connectivity index (χ1v) is 7.25. The number of aliphatic hydroxyl groups excluding tert-OH is 1. The Hall–Kier alpha value is -0.330. The number of rotatable bonds is 2. The van der Waals surface area contributed by atoms with Gasteiger partial charge < -0.3 is 5.11 Å². The highest BCUT2D eigenvalue weighted by Gasteiger charge is 2.33. The summed E-state index contributed by atoms with van der Waals surface area (Å²) in [4.78, 5) is -0.0132. The molecule has 7 heteroatoms. The Balaban J connectivity index is 2.42. The van der Waals surface area contributed by atoms with Crippen LogP contribution < -0.4 is 0 Å². The molecule has 0 unspecified atom stereocenters. The van der Waals surface area contributed by atoms with Crippen LogP contribution in [0.1, 0.15) is 6.42 Å². The molecule has 1 fully saturated rings. The second-order valence-electron chi connectivity index (χ2n) is 3.86. The number of β-amino-alcohol motifs (C(OH)–C–C–N with tert-alkyl or cyclic N) is 1. The van der Waals surface area contributed by atoms with E-state index >= 15 is 0 Å². The molecule has 1 aromatic carbocycles. The summed E-state index contributed by atoms with van der Waals surface area (Å²) in [6.07, 6.45) is -0.167. The molecule has 0 aliphatic carbocycles. The van der Waals surface area contributed by atoms with Crippen molar-refractivity contribution in [3.05, 3.63) is 28.2 Å². The highest BCUT2D eigenvalue weighted by Crippen LogP contribution is 2.32. The van der Waals surface area contributed by atoms with Gasteiger partial charge in [-0.2, -0.15) is 4.31 Å². The zero-order valence-corrected chi connectivity index (χ0v) is 11.1. The summed E-state index contributed by atoms with van der Waals surface area (Å²) in [5.41, 5.74) is 0. The molecule has 1 aliphatic heterocycles. The van der Waals surface area contributed by atoms with E-state index in [1.54, 1.807) is 0 Å². The van der Waals surface area contributed by atoms with Crippen molar-refractivity contribution < 1.29 is 13.5 Å². The van der Waals surface area contributed by atoms with E-state index in [2.05, 4.69) is 0 Å². The zero-order chi connectivity index (χ0) is 12.6. The van der Waals surface area contributed by atoms with Crippen LogP contribution in [0, 0.1) is 0 Å². The number of hydrogen-bond acceptors (Lipinski definition) is 3. The highest BCUT2D eigenvalue weighted by molar-refractivity contribution is 7.89. The van der Waals surface area contributed by atoms with Gasteiger partial charge in [0, 0.05) is 13.1 Å². The lowest BCUT2D eigenvalue weighted by molar-refractivity contribution is 0.189. The van der Waals surface area contributed by atoms with Crippen LogP contribution in [0.15, 0.2) is 23.1 Å². The Kier molecular flexibility index (Phi) is 3.66. The van der Waals surface area contributed by atoms with Crippen LogP contribution in [-0.2, 0) is 10.0 Å². The molecule has 0 radical (unpaired) electrons. The molecule has 0 bridgehead atoms. The van der Waals surface area contributed by atoms with Crippen molar-refractivity contribution >= 4 is 33.2 Å². The van der Waals surface area contributed by atoms with Gasteiger partial charge in [0.2, 0.25) is 10.0 Å². The van der Waals surface area contributed by atoms with Crippen LogP contribution in [0.4, 0.5) is 0 Å². The van der Waals surface area contributed by atoms with Crippen LogP contribution in [0.5, 0.6) is 0 Å². The summed E-state index contributed by atoms with van der Waals surface area (Å²) < 4.78 is 25.7. The van der Waals surface area contributed by atoms with Gasteiger partial charge in [-0.05, 0) is 18.6 Å². The first kappa shape index (κ1) is 13.1. The van der Waals surface area contributed by atoms with Gasteiger partial charge in [0.15, 0.2) is 0 Å². The van der Waals surface area contributed by atoms with Gasteiger partial charge >= 0.3 is 0 Å². The Morgan fingerprint density at radius 2 is 2.06 bits per heavy atom. The van der Waals surface area contributed by atoms with E-state index in [1.807, 2.05) is 0 Å². The largest absolute Gasteiger partial charge is 0.392 e. The van der Waals surface area contributed by atoms with Gasteiger partial charge in [-0.25, -0.2) is 8.42 Å². The Bertz CT molecular complexity index is 532. The van der Waals surface area contributed by atoms with Gasteiger partial charge in [-0.1, -0.05) is 29.3 Å². The van der Waals surface area contributed by atoms with Crippen molar-refractivity contribution in [2.24, 2.45) is 0 Å². The van der Waals surface area contributed by atoms with Gasteiger partial charge in [0.25, 0.3) is 0 Å². The number of sulfonamides is 1. The second-order valence-corrected chi connectivity index (χ2v) is 6.55. The summed E-state index contributed by atoms with van der Waals surface area (Å²) in [5, 5.41) is 9.59. The fraction of sp³-hybridized carbons (Fsp3) is 0.400. The number of nitrogens with zero attached hydrogens (tertiary/aromatic N) is 1. The van der Waals surface area contributed by atoms with Gasteiger partial charge in [-0.15, -0.1) is 0 Å². The molecule has 0 amide bonds. The molecule has 0 aromatic heterocycles. The minimum Gasteiger partial charge on any atom is -0.392 e. The van der Waals surface area contributed by atoms with E-state index in [1.165, 1.54) is 22.5 Å². The van der Waals surface area contributed by atoms with E-state index in [9.17, 15) is 13.5 Å². The van der Waals surface area contributed by atoms with E-state index in [0.29, 0.717) is 13.0 Å². The monoisotopic (exact) mass is 295 g/mol. The molecular weight excluding hydrogens is 285 g/mol. The van der Waals surface area contributed by atoms with Crippen LogP contribution in [-0.4, -0.2) is 37.0 Å². The molecule has 2 rings (SSSR count). The predicted molar refractivity (Wildman–Crippen MR) is 65.8 cm³/mol. The molecule has 94 valence electrons. The van der Waals surface area contributed by atoms with Crippen LogP contribution in [0.2, 0.25) is 10.0 Å². The number of aliphatic hydroxyl groups is 1. The molecule has 1 aromatic rings. The lowest BCUT2D eigenvalue weighted by Crippen LogP contribution is -2.29. The summed E-state index contributed by atoms with van der Waals surface area (Å²) in [6.45, 7) is 0.400. The van der Waals surface area contributed by atoms with Gasteiger partial charge in [-0.3, -0.25) is 0 Å². The minimum absolute atomic E-state index is 0.0132. The maximum atomic E-state index is 12.2. The molecular formula is C10H11Cl2NO3S. The van der Waals surface area contributed by atoms with Gasteiger partial charge in [0.05, 0.1) is 16.1 Å². The van der Waals surface area contributed by atoms with E-state index in [-0.39, 0.29) is 21.5 Å². The molecule has 0 saturated carbocycles. The summed E-state index contributed by atoms with van der Waals surface area (Å²) >= 11 is 11.7. The zero-order valence-electron chi connectivity index (χ0n) is 8.81. The third-order valence-electron chi connectivity index (χ3n) is 2.66. The number of halogens is 2. The molecule has 4 nitrogen and oxygen atoms in total. The average molecular weight is 296 g/mol. The maximum Gasteiger partial charge on any atom is 0.244 e. The normalized spacial score (nSPS) is 21.9. The van der Waals surface area contributed by atoms with Crippen LogP contribution in [0.25, 0.3) is 0 Å². The maximum absolute atomic E-state index is 12.2. The van der Waals surface area contributed by atoms with Gasteiger partial charge in [0.1, 0.15) is 4.90 Å². The Morgan fingerprint density at radius 3 is 2.65 bits per heavy atom. The van der Waals surface area contributed by atoms with Crippen molar-refractivity contribution in [1.82, 2.24) is 4.31 Å². The smallest absolute Gasteiger partial charge is 0.244 e. The quantitative estimate of drug-likeness (QED) is 0.904. The SMILES string of the molecule is O=S(=O)(c1cccc(Cl)c1Cl)N1CC[C@H](O)C1. The second kappa shape index (κ2) is 4.74. The third kappa shape index (κ3) is 2.44. The molecule has 0 spiro atoms. The van der Waals surface area contributed by atoms with Crippen LogP contribution in [0.3, 0.4) is 0 Å². The molecule has 17 heavy (non-hydrogen) atoms.